The molecule has 2 fully saturated rings. The summed E-state index contributed by atoms with van der Waals surface area (Å²) >= 11 is 0. The van der Waals surface area contributed by atoms with Gasteiger partial charge in [-0.05, 0) is 55.5 Å². The van der Waals surface area contributed by atoms with Crippen molar-refractivity contribution in [2.75, 3.05) is 13.1 Å². The lowest BCUT2D eigenvalue weighted by Crippen LogP contribution is -2.52. The number of carbonyl (C=O) groups is 3. The summed E-state index contributed by atoms with van der Waals surface area (Å²) in [5, 5.41) is 8.02. The van der Waals surface area contributed by atoms with Gasteiger partial charge in [-0.15, -0.1) is 0 Å². The highest BCUT2D eigenvalue weighted by atomic mass is 19.4. The van der Waals surface area contributed by atoms with E-state index in [1.165, 1.54) is 4.90 Å². The predicted octanol–water partition coefficient (Wildman–Crippen LogP) is 1.47. The summed E-state index contributed by atoms with van der Waals surface area (Å²) in [6.07, 6.45) is -2.96. The molecule has 1 aromatic rings. The average molecular weight is 438 g/mol. The fraction of sp³-hybridized carbons (Fsp3) is 0.571. The second kappa shape index (κ2) is 8.58. The maximum Gasteiger partial charge on any atom is 0.404 e. The summed E-state index contributed by atoms with van der Waals surface area (Å²) in [6, 6.07) is 2.68. The van der Waals surface area contributed by atoms with Gasteiger partial charge >= 0.3 is 6.18 Å². The first-order chi connectivity index (χ1) is 14.7. The number of amides is 3. The van der Waals surface area contributed by atoms with Crippen LogP contribution in [0, 0.1) is 5.92 Å². The standard InChI is InChI=1S/C21H25F3N4O3/c22-21(23,24)18(13-5-7-25-8-6-13)26-10-12-1-2-15-14(9-12)11-28(20(15)31)16-3-4-17(29)27-19(16)30/h1-2,9,13,16,18,25-26H,3-8,10-11H2,(H,27,29,30). The van der Waals surface area contributed by atoms with E-state index >= 15 is 0 Å². The topological polar surface area (TPSA) is 90.5 Å². The normalized spacial score (nSPS) is 23.6. The van der Waals surface area contributed by atoms with E-state index in [-0.39, 0.29) is 37.7 Å². The van der Waals surface area contributed by atoms with Crippen molar-refractivity contribution in [1.29, 1.82) is 0 Å². The van der Waals surface area contributed by atoms with Crippen LogP contribution in [-0.2, 0) is 22.7 Å². The number of hydrogen-bond donors (Lipinski definition) is 3. The zero-order valence-electron chi connectivity index (χ0n) is 16.9. The first-order valence-corrected chi connectivity index (χ1v) is 10.5. The van der Waals surface area contributed by atoms with Crippen LogP contribution < -0.4 is 16.0 Å². The predicted molar refractivity (Wildman–Crippen MR) is 105 cm³/mol. The average Bonchev–Trinajstić information content (AvgIpc) is 3.04. The molecule has 0 bridgehead atoms. The number of nitrogens with one attached hydrogen (secondary N) is 3. The van der Waals surface area contributed by atoms with Crippen LogP contribution in [0.1, 0.15) is 47.2 Å². The molecule has 2 atom stereocenters. The van der Waals surface area contributed by atoms with Crippen molar-refractivity contribution in [1.82, 2.24) is 20.9 Å². The Labute approximate surface area is 177 Å². The van der Waals surface area contributed by atoms with Crippen LogP contribution in [0.5, 0.6) is 0 Å². The number of carbonyl (C=O) groups excluding carboxylic acids is 3. The van der Waals surface area contributed by atoms with Crippen molar-refractivity contribution < 1.29 is 27.6 Å². The summed E-state index contributed by atoms with van der Waals surface area (Å²) in [6.45, 7) is 1.39. The van der Waals surface area contributed by atoms with Gasteiger partial charge in [-0.1, -0.05) is 12.1 Å². The smallest absolute Gasteiger partial charge is 0.322 e. The minimum atomic E-state index is -4.34. The molecule has 3 heterocycles. The molecular weight excluding hydrogens is 413 g/mol. The Bertz CT molecular complexity index is 883. The molecule has 0 aliphatic carbocycles. The number of hydrogen-bond acceptors (Lipinski definition) is 5. The Morgan fingerprint density at radius 3 is 2.55 bits per heavy atom. The fourth-order valence-electron chi connectivity index (χ4n) is 4.69. The fourth-order valence-corrected chi connectivity index (χ4v) is 4.69. The van der Waals surface area contributed by atoms with E-state index in [1.807, 2.05) is 0 Å². The number of nitrogens with zero attached hydrogens (tertiary/aromatic N) is 1. The molecule has 7 nitrogen and oxygen atoms in total. The number of fused-ring (bicyclic) bond motifs is 1. The maximum absolute atomic E-state index is 13.6. The van der Waals surface area contributed by atoms with Crippen molar-refractivity contribution in [3.8, 4) is 0 Å². The van der Waals surface area contributed by atoms with Crippen LogP contribution in [0.25, 0.3) is 0 Å². The minimum absolute atomic E-state index is 0.0357. The second-order valence-corrected chi connectivity index (χ2v) is 8.38. The lowest BCUT2D eigenvalue weighted by molar-refractivity contribution is -0.170. The van der Waals surface area contributed by atoms with Gasteiger partial charge in [-0.2, -0.15) is 13.2 Å². The van der Waals surface area contributed by atoms with Crippen molar-refractivity contribution >= 4 is 17.7 Å². The van der Waals surface area contributed by atoms with Crippen molar-refractivity contribution in [3.63, 3.8) is 0 Å². The van der Waals surface area contributed by atoms with Crippen LogP contribution in [0.15, 0.2) is 18.2 Å². The molecule has 0 radical (unpaired) electrons. The van der Waals surface area contributed by atoms with Crippen molar-refractivity contribution in [2.45, 2.75) is 57.0 Å². The molecule has 31 heavy (non-hydrogen) atoms. The first kappa shape index (κ1) is 21.8. The Morgan fingerprint density at radius 1 is 1.13 bits per heavy atom. The zero-order chi connectivity index (χ0) is 22.2. The molecule has 2 unspecified atom stereocenters. The zero-order valence-corrected chi connectivity index (χ0v) is 16.9. The number of benzene rings is 1. The summed E-state index contributed by atoms with van der Waals surface area (Å²) in [5.41, 5.74) is 1.78. The molecule has 0 spiro atoms. The molecule has 168 valence electrons. The summed E-state index contributed by atoms with van der Waals surface area (Å²) in [4.78, 5) is 37.7. The molecule has 3 aliphatic rings. The largest absolute Gasteiger partial charge is 0.404 e. The van der Waals surface area contributed by atoms with Gasteiger partial charge in [0, 0.05) is 25.1 Å². The Hall–Kier alpha value is -2.46. The monoisotopic (exact) mass is 438 g/mol. The van der Waals surface area contributed by atoms with Crippen LogP contribution in [-0.4, -0.2) is 54.0 Å². The molecule has 0 saturated carbocycles. The maximum atomic E-state index is 13.6. The third kappa shape index (κ3) is 4.59. The third-order valence-corrected chi connectivity index (χ3v) is 6.32. The SMILES string of the molecule is O=C1CCC(N2Cc3cc(CNC(C4CCNCC4)C(F)(F)F)ccc3C2=O)C(=O)N1. The van der Waals surface area contributed by atoms with Gasteiger partial charge in [0.1, 0.15) is 12.1 Å². The highest BCUT2D eigenvalue weighted by molar-refractivity contribution is 6.05. The Morgan fingerprint density at radius 2 is 1.87 bits per heavy atom. The van der Waals surface area contributed by atoms with Gasteiger partial charge in [-0.3, -0.25) is 19.7 Å². The number of imide groups is 1. The first-order valence-electron chi connectivity index (χ1n) is 10.5. The van der Waals surface area contributed by atoms with Gasteiger partial charge in [0.15, 0.2) is 0 Å². The van der Waals surface area contributed by atoms with E-state index in [9.17, 15) is 27.6 Å². The van der Waals surface area contributed by atoms with Gasteiger partial charge in [0.2, 0.25) is 11.8 Å². The molecule has 3 aliphatic heterocycles. The van der Waals surface area contributed by atoms with E-state index < -0.39 is 30.1 Å². The number of piperidine rings is 2. The number of halogens is 3. The molecular formula is C21H25F3N4O3. The van der Waals surface area contributed by atoms with Crippen LogP contribution >= 0.6 is 0 Å². The molecule has 3 amide bonds. The number of alkyl halides is 3. The molecule has 4 rings (SSSR count). The van der Waals surface area contributed by atoms with Crippen LogP contribution in [0.4, 0.5) is 13.2 Å². The van der Waals surface area contributed by atoms with Gasteiger partial charge in [0.25, 0.3) is 5.91 Å². The Kier molecular flexibility index (Phi) is 6.02. The molecule has 3 N–H and O–H groups in total. The lowest BCUT2D eigenvalue weighted by Gasteiger charge is -2.32. The lowest BCUT2D eigenvalue weighted by atomic mass is 9.89. The Balaban J connectivity index is 1.44. The van der Waals surface area contributed by atoms with Gasteiger partial charge in [0.05, 0.1) is 0 Å². The summed E-state index contributed by atoms with van der Waals surface area (Å²) in [5.74, 6) is -1.62. The van der Waals surface area contributed by atoms with Crippen molar-refractivity contribution in [2.24, 2.45) is 5.92 Å². The second-order valence-electron chi connectivity index (χ2n) is 8.38. The third-order valence-electron chi connectivity index (χ3n) is 6.32. The van der Waals surface area contributed by atoms with Crippen LogP contribution in [0.3, 0.4) is 0 Å². The minimum Gasteiger partial charge on any atom is -0.322 e. The quantitative estimate of drug-likeness (QED) is 0.606. The van der Waals surface area contributed by atoms with E-state index in [1.54, 1.807) is 18.2 Å². The van der Waals surface area contributed by atoms with Crippen molar-refractivity contribution in [3.05, 3.63) is 34.9 Å². The van der Waals surface area contributed by atoms with E-state index in [0.717, 1.165) is 0 Å². The molecule has 10 heteroatoms. The van der Waals surface area contributed by atoms with E-state index in [2.05, 4.69) is 16.0 Å². The van der Waals surface area contributed by atoms with Crippen LogP contribution in [0.2, 0.25) is 0 Å². The molecule has 1 aromatic carbocycles. The van der Waals surface area contributed by atoms with E-state index in [0.29, 0.717) is 42.6 Å². The van der Waals surface area contributed by atoms with Gasteiger partial charge < -0.3 is 15.5 Å². The molecule has 0 aromatic heterocycles. The van der Waals surface area contributed by atoms with E-state index in [4.69, 9.17) is 0 Å². The highest BCUT2D eigenvalue weighted by Gasteiger charge is 2.44. The summed E-state index contributed by atoms with van der Waals surface area (Å²) in [7, 11) is 0. The number of rotatable bonds is 5. The van der Waals surface area contributed by atoms with Gasteiger partial charge in [-0.25, -0.2) is 0 Å². The summed E-state index contributed by atoms with van der Waals surface area (Å²) < 4.78 is 40.8. The highest BCUT2D eigenvalue weighted by Crippen LogP contribution is 2.31. The molecule has 2 saturated heterocycles.